The van der Waals surface area contributed by atoms with E-state index in [2.05, 4.69) is 5.32 Å². The standard InChI is InChI=1S/C12H13FINO3S/c1-19-5-4-10(12(17)18)15-11(16)8-3-2-7(13)6-9(8)14/h2-3,6,10H,4-5H2,1H3,(H,15,16)(H,17,18)/t10-/m0/s1. The predicted molar refractivity (Wildman–Crippen MR) is 81.0 cm³/mol. The molecule has 1 aromatic carbocycles. The molecule has 1 amide bonds. The Bertz CT molecular complexity index is 484. The fourth-order valence-electron chi connectivity index (χ4n) is 1.40. The number of carbonyl (C=O) groups excluding carboxylic acids is 1. The monoisotopic (exact) mass is 397 g/mol. The Labute approximate surface area is 128 Å². The molecule has 7 heteroatoms. The third-order valence-corrected chi connectivity index (χ3v) is 3.93. The van der Waals surface area contributed by atoms with Gasteiger partial charge in [-0.15, -0.1) is 0 Å². The van der Waals surface area contributed by atoms with E-state index in [0.29, 0.717) is 15.7 Å². The minimum absolute atomic E-state index is 0.275. The van der Waals surface area contributed by atoms with Gasteiger partial charge in [-0.3, -0.25) is 4.79 Å². The van der Waals surface area contributed by atoms with Crippen LogP contribution in [0.2, 0.25) is 0 Å². The van der Waals surface area contributed by atoms with Gasteiger partial charge < -0.3 is 10.4 Å². The average molecular weight is 397 g/mol. The van der Waals surface area contributed by atoms with Crippen LogP contribution in [0.15, 0.2) is 18.2 Å². The van der Waals surface area contributed by atoms with Crippen LogP contribution in [0, 0.1) is 9.39 Å². The molecule has 0 heterocycles. The number of benzene rings is 1. The number of carboxylic acids is 1. The third-order valence-electron chi connectivity index (χ3n) is 2.39. The fourth-order valence-corrected chi connectivity index (χ4v) is 2.60. The highest BCUT2D eigenvalue weighted by molar-refractivity contribution is 14.1. The van der Waals surface area contributed by atoms with Gasteiger partial charge in [0.25, 0.3) is 5.91 Å². The number of nitrogens with one attached hydrogen (secondary N) is 1. The van der Waals surface area contributed by atoms with Crippen molar-refractivity contribution in [1.29, 1.82) is 0 Å². The zero-order valence-corrected chi connectivity index (χ0v) is 13.1. The SMILES string of the molecule is CSCC[C@H](NC(=O)c1ccc(F)cc1I)C(=O)O. The molecule has 0 aliphatic carbocycles. The third kappa shape index (κ3) is 4.98. The maximum Gasteiger partial charge on any atom is 0.326 e. The molecule has 0 aliphatic heterocycles. The molecule has 0 fully saturated rings. The van der Waals surface area contributed by atoms with Crippen molar-refractivity contribution in [1.82, 2.24) is 5.32 Å². The van der Waals surface area contributed by atoms with Crippen LogP contribution in [0.3, 0.4) is 0 Å². The Morgan fingerprint density at radius 3 is 2.74 bits per heavy atom. The quantitative estimate of drug-likeness (QED) is 0.724. The first-order chi connectivity index (χ1) is 8.95. The maximum atomic E-state index is 12.9. The highest BCUT2D eigenvalue weighted by Gasteiger charge is 2.21. The van der Waals surface area contributed by atoms with Crippen LogP contribution in [0.4, 0.5) is 4.39 Å². The number of halogens is 2. The Morgan fingerprint density at radius 2 is 2.21 bits per heavy atom. The largest absolute Gasteiger partial charge is 0.480 e. The highest BCUT2D eigenvalue weighted by atomic mass is 127. The molecular formula is C12H13FINO3S. The molecule has 19 heavy (non-hydrogen) atoms. The Balaban J connectivity index is 2.78. The summed E-state index contributed by atoms with van der Waals surface area (Å²) in [5.74, 6) is -1.37. The van der Waals surface area contributed by atoms with Gasteiger partial charge in [0.1, 0.15) is 11.9 Å². The first-order valence-electron chi connectivity index (χ1n) is 5.43. The van der Waals surface area contributed by atoms with Crippen LogP contribution in [0.25, 0.3) is 0 Å². The molecule has 0 aromatic heterocycles. The van der Waals surface area contributed by atoms with Gasteiger partial charge in [0, 0.05) is 3.57 Å². The number of hydrogen-bond donors (Lipinski definition) is 2. The highest BCUT2D eigenvalue weighted by Crippen LogP contribution is 2.14. The molecule has 104 valence electrons. The van der Waals surface area contributed by atoms with Crippen LogP contribution in [0.1, 0.15) is 16.8 Å². The van der Waals surface area contributed by atoms with Crippen molar-refractivity contribution in [2.75, 3.05) is 12.0 Å². The molecule has 0 saturated carbocycles. The van der Waals surface area contributed by atoms with Gasteiger partial charge in [0.2, 0.25) is 0 Å². The molecule has 1 rings (SSSR count). The summed E-state index contributed by atoms with van der Waals surface area (Å²) in [5, 5.41) is 11.5. The van der Waals surface area contributed by atoms with E-state index in [9.17, 15) is 14.0 Å². The molecule has 0 radical (unpaired) electrons. The Morgan fingerprint density at radius 1 is 1.53 bits per heavy atom. The molecular weight excluding hydrogens is 384 g/mol. The van der Waals surface area contributed by atoms with E-state index in [0.717, 1.165) is 0 Å². The van der Waals surface area contributed by atoms with Crippen molar-refractivity contribution in [3.05, 3.63) is 33.1 Å². The summed E-state index contributed by atoms with van der Waals surface area (Å²) < 4.78 is 13.4. The summed E-state index contributed by atoms with van der Waals surface area (Å²) in [6.07, 6.45) is 2.21. The van der Waals surface area contributed by atoms with Gasteiger partial charge >= 0.3 is 5.97 Å². The molecule has 1 atom stereocenters. The predicted octanol–water partition coefficient (Wildman–Crippen LogP) is 2.37. The van der Waals surface area contributed by atoms with E-state index in [1.165, 1.54) is 30.0 Å². The fraction of sp³-hybridized carbons (Fsp3) is 0.333. The number of thioether (sulfide) groups is 1. The average Bonchev–Trinajstić information content (AvgIpc) is 2.33. The Hall–Kier alpha value is -0.830. The lowest BCUT2D eigenvalue weighted by molar-refractivity contribution is -0.139. The normalized spacial score (nSPS) is 11.9. The van der Waals surface area contributed by atoms with Crippen LogP contribution < -0.4 is 5.32 Å². The second kappa shape index (κ2) is 7.68. The summed E-state index contributed by atoms with van der Waals surface area (Å²) in [7, 11) is 0. The minimum atomic E-state index is -1.07. The summed E-state index contributed by atoms with van der Waals surface area (Å²) in [6.45, 7) is 0. The number of rotatable bonds is 6. The van der Waals surface area contributed by atoms with Gasteiger partial charge in [-0.1, -0.05) is 0 Å². The van der Waals surface area contributed by atoms with E-state index >= 15 is 0 Å². The van der Waals surface area contributed by atoms with Crippen molar-refractivity contribution in [3.8, 4) is 0 Å². The lowest BCUT2D eigenvalue weighted by Gasteiger charge is -2.14. The van der Waals surface area contributed by atoms with Crippen LogP contribution in [-0.4, -0.2) is 35.0 Å². The molecule has 0 spiro atoms. The molecule has 4 nitrogen and oxygen atoms in total. The van der Waals surface area contributed by atoms with E-state index in [4.69, 9.17) is 5.11 Å². The van der Waals surface area contributed by atoms with Crippen molar-refractivity contribution in [2.45, 2.75) is 12.5 Å². The maximum absolute atomic E-state index is 12.9. The van der Waals surface area contributed by atoms with Crippen LogP contribution in [0.5, 0.6) is 0 Å². The van der Waals surface area contributed by atoms with Crippen LogP contribution >= 0.6 is 34.4 Å². The van der Waals surface area contributed by atoms with E-state index < -0.39 is 23.7 Å². The molecule has 0 saturated heterocycles. The molecule has 0 bridgehead atoms. The summed E-state index contributed by atoms with van der Waals surface area (Å²) in [6, 6.07) is 2.82. The lowest BCUT2D eigenvalue weighted by atomic mass is 10.1. The summed E-state index contributed by atoms with van der Waals surface area (Å²) >= 11 is 3.35. The van der Waals surface area contributed by atoms with Crippen molar-refractivity contribution < 1.29 is 19.1 Å². The second-order valence-electron chi connectivity index (χ2n) is 3.77. The molecule has 1 aromatic rings. The molecule has 0 aliphatic rings. The van der Waals surface area contributed by atoms with Gasteiger partial charge in [-0.25, -0.2) is 9.18 Å². The number of amides is 1. The van der Waals surface area contributed by atoms with Gasteiger partial charge in [0.05, 0.1) is 5.56 Å². The van der Waals surface area contributed by atoms with Gasteiger partial charge in [0.15, 0.2) is 0 Å². The van der Waals surface area contributed by atoms with Crippen LogP contribution in [-0.2, 0) is 4.79 Å². The minimum Gasteiger partial charge on any atom is -0.480 e. The molecule has 2 N–H and O–H groups in total. The first kappa shape index (κ1) is 16.2. The second-order valence-corrected chi connectivity index (χ2v) is 5.92. The van der Waals surface area contributed by atoms with E-state index in [1.807, 2.05) is 28.8 Å². The summed E-state index contributed by atoms with van der Waals surface area (Å²) in [5.41, 5.74) is 0.275. The first-order valence-corrected chi connectivity index (χ1v) is 7.90. The number of carboxylic acid groups (broad SMARTS) is 1. The summed E-state index contributed by atoms with van der Waals surface area (Å²) in [4.78, 5) is 23.0. The topological polar surface area (TPSA) is 66.4 Å². The number of aliphatic carboxylic acids is 1. The van der Waals surface area contributed by atoms with Gasteiger partial charge in [-0.05, 0) is 59.2 Å². The zero-order valence-electron chi connectivity index (χ0n) is 10.2. The van der Waals surface area contributed by atoms with E-state index in [1.54, 1.807) is 0 Å². The van der Waals surface area contributed by atoms with Crippen molar-refractivity contribution in [2.24, 2.45) is 0 Å². The lowest BCUT2D eigenvalue weighted by Crippen LogP contribution is -2.41. The molecule has 0 unspecified atom stereocenters. The Kier molecular flexibility index (Phi) is 6.56. The van der Waals surface area contributed by atoms with Crippen molar-refractivity contribution >= 4 is 46.2 Å². The van der Waals surface area contributed by atoms with Gasteiger partial charge in [-0.2, -0.15) is 11.8 Å². The smallest absolute Gasteiger partial charge is 0.326 e. The number of carbonyl (C=O) groups is 2. The van der Waals surface area contributed by atoms with E-state index in [-0.39, 0.29) is 5.56 Å². The zero-order chi connectivity index (χ0) is 14.4. The number of hydrogen-bond acceptors (Lipinski definition) is 3. The van der Waals surface area contributed by atoms with Crippen molar-refractivity contribution in [3.63, 3.8) is 0 Å².